The molecular weight excluding hydrogens is 324 g/mol. The zero-order valence-electron chi connectivity index (χ0n) is 13.5. The summed E-state index contributed by atoms with van der Waals surface area (Å²) in [6.07, 6.45) is 2.94. The highest BCUT2D eigenvalue weighted by Crippen LogP contribution is 2.24. The highest BCUT2D eigenvalue weighted by atomic mass is 35.5. The predicted molar refractivity (Wildman–Crippen MR) is 97.5 cm³/mol. The van der Waals surface area contributed by atoms with Crippen LogP contribution in [0.1, 0.15) is 23.1 Å². The molecule has 0 unspecified atom stereocenters. The summed E-state index contributed by atoms with van der Waals surface area (Å²) in [4.78, 5) is 11.9. The summed E-state index contributed by atoms with van der Waals surface area (Å²) in [6.45, 7) is 0.541. The van der Waals surface area contributed by atoms with Crippen LogP contribution in [0.5, 0.6) is 5.75 Å². The van der Waals surface area contributed by atoms with Gasteiger partial charge in [0.2, 0.25) is 0 Å². The summed E-state index contributed by atoms with van der Waals surface area (Å²) in [5.74, 6) is 0.607. The number of aryl methyl sites for hydroxylation is 1. The van der Waals surface area contributed by atoms with E-state index in [2.05, 4.69) is 11.4 Å². The van der Waals surface area contributed by atoms with Gasteiger partial charge in [-0.25, -0.2) is 0 Å². The van der Waals surface area contributed by atoms with E-state index in [0.717, 1.165) is 30.6 Å². The van der Waals surface area contributed by atoms with Crippen molar-refractivity contribution in [3.05, 3.63) is 65.2 Å². The van der Waals surface area contributed by atoms with E-state index in [1.165, 1.54) is 11.1 Å². The van der Waals surface area contributed by atoms with Crippen molar-refractivity contribution < 1.29 is 9.53 Å². The minimum absolute atomic E-state index is 0. The van der Waals surface area contributed by atoms with Gasteiger partial charge in [-0.2, -0.15) is 0 Å². The molecule has 0 spiro atoms. The van der Waals surface area contributed by atoms with Crippen LogP contribution in [0, 0.1) is 0 Å². The van der Waals surface area contributed by atoms with E-state index in [1.54, 1.807) is 0 Å². The number of fused-ring (bicyclic) bond motifs is 1. The van der Waals surface area contributed by atoms with Crippen LogP contribution in [0.4, 0.5) is 0 Å². The Morgan fingerprint density at radius 3 is 2.75 bits per heavy atom. The molecule has 1 atom stereocenters. The number of halogens is 1. The highest BCUT2D eigenvalue weighted by molar-refractivity contribution is 5.85. The second kappa shape index (κ2) is 8.71. The van der Waals surface area contributed by atoms with Gasteiger partial charge in [-0.3, -0.25) is 4.79 Å². The maximum Gasteiger partial charge on any atom is 0.258 e. The van der Waals surface area contributed by atoms with Gasteiger partial charge >= 0.3 is 0 Å². The van der Waals surface area contributed by atoms with Gasteiger partial charge in [0.25, 0.3) is 5.91 Å². The van der Waals surface area contributed by atoms with E-state index in [-0.39, 0.29) is 31.0 Å². The number of rotatable bonds is 5. The SMILES string of the molecule is Cl.N[C@H]1CCc2ccc(OCC(=O)NCc3ccccc3)cc2C1. The van der Waals surface area contributed by atoms with Crippen LogP contribution in [0.2, 0.25) is 0 Å². The number of nitrogens with two attached hydrogens (primary N) is 1. The Balaban J connectivity index is 0.00000208. The molecule has 3 N–H and O–H groups in total. The molecule has 0 aliphatic heterocycles. The van der Waals surface area contributed by atoms with Gasteiger partial charge in [0.1, 0.15) is 5.75 Å². The van der Waals surface area contributed by atoms with E-state index in [0.29, 0.717) is 6.54 Å². The normalized spacial score (nSPS) is 15.8. The first-order valence-electron chi connectivity index (χ1n) is 8.01. The van der Waals surface area contributed by atoms with Crippen molar-refractivity contribution >= 4 is 18.3 Å². The van der Waals surface area contributed by atoms with Crippen molar-refractivity contribution in [2.24, 2.45) is 5.73 Å². The van der Waals surface area contributed by atoms with Gasteiger partial charge in [-0.15, -0.1) is 12.4 Å². The molecule has 1 aliphatic carbocycles. The Bertz CT molecular complexity index is 676. The van der Waals surface area contributed by atoms with Gasteiger partial charge in [0, 0.05) is 12.6 Å². The molecule has 3 rings (SSSR count). The largest absolute Gasteiger partial charge is 0.484 e. The fourth-order valence-corrected chi connectivity index (χ4v) is 2.85. The van der Waals surface area contributed by atoms with Crippen molar-refractivity contribution in [2.45, 2.75) is 31.8 Å². The second-order valence-corrected chi connectivity index (χ2v) is 5.98. The highest BCUT2D eigenvalue weighted by Gasteiger charge is 2.16. The molecule has 128 valence electrons. The lowest BCUT2D eigenvalue weighted by atomic mass is 9.89. The fourth-order valence-electron chi connectivity index (χ4n) is 2.85. The molecule has 4 nitrogen and oxygen atoms in total. The molecular formula is C19H23ClN2O2. The second-order valence-electron chi connectivity index (χ2n) is 5.98. The van der Waals surface area contributed by atoms with E-state index >= 15 is 0 Å². The lowest BCUT2D eigenvalue weighted by molar-refractivity contribution is -0.123. The third kappa shape index (κ3) is 4.98. The zero-order valence-corrected chi connectivity index (χ0v) is 14.4. The summed E-state index contributed by atoms with van der Waals surface area (Å²) >= 11 is 0. The maximum absolute atomic E-state index is 11.9. The summed E-state index contributed by atoms with van der Waals surface area (Å²) in [6, 6.07) is 16.1. The van der Waals surface area contributed by atoms with Crippen molar-refractivity contribution in [3.63, 3.8) is 0 Å². The van der Waals surface area contributed by atoms with Gasteiger partial charge < -0.3 is 15.8 Å². The fraction of sp³-hybridized carbons (Fsp3) is 0.316. The van der Waals surface area contributed by atoms with Crippen LogP contribution in [-0.4, -0.2) is 18.6 Å². The van der Waals surface area contributed by atoms with Gasteiger partial charge in [0.15, 0.2) is 6.61 Å². The lowest BCUT2D eigenvalue weighted by Gasteiger charge is -2.21. The van der Waals surface area contributed by atoms with E-state index in [4.69, 9.17) is 10.5 Å². The summed E-state index contributed by atoms with van der Waals surface area (Å²) in [5, 5.41) is 2.85. The number of hydrogen-bond acceptors (Lipinski definition) is 3. The quantitative estimate of drug-likeness (QED) is 0.874. The van der Waals surface area contributed by atoms with Crippen LogP contribution in [0.25, 0.3) is 0 Å². The molecule has 0 saturated carbocycles. The Morgan fingerprint density at radius 2 is 1.96 bits per heavy atom. The van der Waals surface area contributed by atoms with Gasteiger partial charge in [-0.05, 0) is 48.1 Å². The molecule has 0 saturated heterocycles. The molecule has 0 aromatic heterocycles. The summed E-state index contributed by atoms with van der Waals surface area (Å²) in [5.41, 5.74) is 9.67. The van der Waals surface area contributed by atoms with Gasteiger partial charge in [0.05, 0.1) is 0 Å². The first-order chi connectivity index (χ1) is 11.2. The number of carbonyl (C=O) groups excluding carboxylic acids is 1. The Labute approximate surface area is 148 Å². The average Bonchev–Trinajstić information content (AvgIpc) is 2.58. The molecule has 1 aliphatic rings. The zero-order chi connectivity index (χ0) is 16.1. The monoisotopic (exact) mass is 346 g/mol. The number of hydrogen-bond donors (Lipinski definition) is 2. The smallest absolute Gasteiger partial charge is 0.258 e. The average molecular weight is 347 g/mol. The van der Waals surface area contributed by atoms with E-state index in [1.807, 2.05) is 42.5 Å². The Morgan fingerprint density at radius 1 is 1.17 bits per heavy atom. The molecule has 1 amide bonds. The first kappa shape index (κ1) is 18.3. The molecule has 2 aromatic rings. The summed E-state index contributed by atoms with van der Waals surface area (Å²) in [7, 11) is 0. The van der Waals surface area contributed by atoms with E-state index in [9.17, 15) is 4.79 Å². The van der Waals surface area contributed by atoms with Crippen LogP contribution >= 0.6 is 12.4 Å². The maximum atomic E-state index is 11.9. The molecule has 0 bridgehead atoms. The molecule has 5 heteroatoms. The van der Waals surface area contributed by atoms with E-state index < -0.39 is 0 Å². The first-order valence-corrected chi connectivity index (χ1v) is 8.01. The minimum Gasteiger partial charge on any atom is -0.484 e. The number of amides is 1. The Hall–Kier alpha value is -2.04. The van der Waals surface area contributed by atoms with Crippen molar-refractivity contribution in [3.8, 4) is 5.75 Å². The number of benzene rings is 2. The predicted octanol–water partition coefficient (Wildman–Crippen LogP) is 2.62. The number of nitrogens with one attached hydrogen (secondary N) is 1. The van der Waals surface area contributed by atoms with Crippen LogP contribution < -0.4 is 15.8 Å². The van der Waals surface area contributed by atoms with Crippen molar-refractivity contribution in [2.75, 3.05) is 6.61 Å². The molecule has 0 heterocycles. The van der Waals surface area contributed by atoms with Crippen LogP contribution in [0.3, 0.4) is 0 Å². The lowest BCUT2D eigenvalue weighted by Crippen LogP contribution is -2.29. The van der Waals surface area contributed by atoms with Gasteiger partial charge in [-0.1, -0.05) is 36.4 Å². The molecule has 24 heavy (non-hydrogen) atoms. The van der Waals surface area contributed by atoms with Crippen LogP contribution in [0.15, 0.2) is 48.5 Å². The topological polar surface area (TPSA) is 64.3 Å². The number of carbonyl (C=O) groups is 1. The minimum atomic E-state index is -0.122. The molecule has 2 aromatic carbocycles. The third-order valence-electron chi connectivity index (χ3n) is 4.15. The standard InChI is InChI=1S/C19H22N2O2.ClH/c20-17-8-6-15-7-9-18(11-16(15)10-17)23-13-19(22)21-12-14-4-2-1-3-5-14;/h1-5,7,9,11,17H,6,8,10,12-13,20H2,(H,21,22);1H/t17-;/m0./s1. The summed E-state index contributed by atoms with van der Waals surface area (Å²) < 4.78 is 5.60. The van der Waals surface area contributed by atoms with Crippen molar-refractivity contribution in [1.29, 1.82) is 0 Å². The van der Waals surface area contributed by atoms with Crippen molar-refractivity contribution in [1.82, 2.24) is 5.32 Å². The number of ether oxygens (including phenoxy) is 1. The Kier molecular flexibility index (Phi) is 6.64. The molecule has 0 radical (unpaired) electrons. The molecule has 0 fully saturated rings. The van der Waals surface area contributed by atoms with Crippen LogP contribution in [-0.2, 0) is 24.2 Å². The third-order valence-corrected chi connectivity index (χ3v) is 4.15.